The molecule has 1 N–H and O–H groups in total. The average molecular weight is 408 g/mol. The molecule has 0 aromatic rings. The topological polar surface area (TPSA) is 124 Å². The Balaban J connectivity index is 2.05. The van der Waals surface area contributed by atoms with E-state index in [1.54, 1.807) is 4.13 Å². The molecule has 0 saturated heterocycles. The van der Waals surface area contributed by atoms with Crippen LogP contribution >= 0.6 is 0 Å². The van der Waals surface area contributed by atoms with Gasteiger partial charge in [0, 0.05) is 17.4 Å². The van der Waals surface area contributed by atoms with E-state index in [2.05, 4.69) is 11.3 Å². The van der Waals surface area contributed by atoms with Gasteiger partial charge < -0.3 is 4.74 Å². The van der Waals surface area contributed by atoms with Crippen LogP contribution < -0.4 is 4.13 Å². The van der Waals surface area contributed by atoms with E-state index in [9.17, 15) is 26.4 Å². The van der Waals surface area contributed by atoms with E-state index < -0.39 is 55.0 Å². The van der Waals surface area contributed by atoms with Crippen LogP contribution in [0.3, 0.4) is 0 Å². The van der Waals surface area contributed by atoms with Crippen LogP contribution in [0.25, 0.3) is 0 Å². The number of rotatable bonds is 8. The molecule has 26 heavy (non-hydrogen) atoms. The van der Waals surface area contributed by atoms with Crippen molar-refractivity contribution < 1.29 is 31.2 Å². The van der Waals surface area contributed by atoms with E-state index in [0.29, 0.717) is 12.8 Å². The molecule has 0 aliphatic heterocycles. The number of nitrogens with one attached hydrogen (secondary N) is 1. The summed E-state index contributed by atoms with van der Waals surface area (Å²) in [7, 11) is -8.49. The first-order valence-electron chi connectivity index (χ1n) is 8.32. The van der Waals surface area contributed by atoms with Crippen molar-refractivity contribution >= 4 is 31.8 Å². The summed E-state index contributed by atoms with van der Waals surface area (Å²) in [5.74, 6) is -1.98. The molecule has 2 fully saturated rings. The fraction of sp³-hybridized carbons (Fsp3) is 0.750. The third-order valence-corrected chi connectivity index (χ3v) is 9.37. The largest absolute Gasteiger partial charge is 0.461 e. The molecule has 10 heteroatoms. The molecule has 2 atom stereocenters. The number of Topliss-reactive ketones (excluding diaryl/α,β-unsaturated/α-hetero) is 1. The zero-order valence-corrected chi connectivity index (χ0v) is 16.8. The van der Waals surface area contributed by atoms with E-state index in [-0.39, 0.29) is 17.3 Å². The zero-order chi connectivity index (χ0) is 20.0. The summed E-state index contributed by atoms with van der Waals surface area (Å²) in [6.07, 6.45) is 1.55. The zero-order valence-electron chi connectivity index (χ0n) is 15.2. The van der Waals surface area contributed by atoms with E-state index in [4.69, 9.17) is 0 Å². The van der Waals surface area contributed by atoms with Crippen LogP contribution in [0, 0.1) is 16.7 Å². The Hall–Kier alpha value is -1.26. The highest BCUT2D eigenvalue weighted by Gasteiger charge is 2.65. The average Bonchev–Trinajstić information content (AvgIpc) is 2.78. The summed E-state index contributed by atoms with van der Waals surface area (Å²) in [4.78, 5) is 23.7. The van der Waals surface area contributed by atoms with Gasteiger partial charge >= 0.3 is 5.97 Å². The van der Waals surface area contributed by atoms with E-state index in [1.165, 1.54) is 6.92 Å². The Labute approximate surface area is 154 Å². The maximum Gasteiger partial charge on any atom is 0.333 e. The summed E-state index contributed by atoms with van der Waals surface area (Å²) in [6.45, 7) is 8.02. The molecule has 2 aliphatic rings. The predicted molar refractivity (Wildman–Crippen MR) is 95.0 cm³/mol. The second-order valence-electron chi connectivity index (χ2n) is 7.74. The molecular formula is C16H25NO7S2. The highest BCUT2D eigenvalue weighted by atomic mass is 32.3. The van der Waals surface area contributed by atoms with Gasteiger partial charge in [0.2, 0.25) is 20.0 Å². The quantitative estimate of drug-likeness (QED) is 0.465. The Morgan fingerprint density at radius 3 is 2.35 bits per heavy atom. The fourth-order valence-corrected chi connectivity index (χ4v) is 7.81. The van der Waals surface area contributed by atoms with E-state index in [1.807, 2.05) is 13.8 Å². The van der Waals surface area contributed by atoms with Crippen molar-refractivity contribution in [2.45, 2.75) is 40.0 Å². The van der Waals surface area contributed by atoms with Gasteiger partial charge in [0.1, 0.15) is 12.4 Å². The van der Waals surface area contributed by atoms with Crippen LogP contribution in [0.5, 0.6) is 0 Å². The normalized spacial score (nSPS) is 27.5. The van der Waals surface area contributed by atoms with Crippen molar-refractivity contribution in [1.29, 1.82) is 0 Å². The molecule has 2 saturated carbocycles. The monoisotopic (exact) mass is 407 g/mol. The van der Waals surface area contributed by atoms with Gasteiger partial charge in [0.05, 0.1) is 11.5 Å². The maximum absolute atomic E-state index is 12.5. The first-order valence-corrected chi connectivity index (χ1v) is 11.6. The molecule has 148 valence electrons. The minimum Gasteiger partial charge on any atom is -0.461 e. The molecule has 0 radical (unpaired) electrons. The van der Waals surface area contributed by atoms with Gasteiger partial charge in [-0.1, -0.05) is 20.4 Å². The number of hydrogen-bond acceptors (Lipinski definition) is 7. The lowest BCUT2D eigenvalue weighted by Gasteiger charge is -2.36. The molecule has 2 rings (SSSR count). The third-order valence-electron chi connectivity index (χ3n) is 5.76. The molecule has 0 aromatic heterocycles. The lowest BCUT2D eigenvalue weighted by molar-refractivity contribution is -0.138. The Bertz CT molecular complexity index is 842. The summed E-state index contributed by atoms with van der Waals surface area (Å²) in [5.41, 5.74) is -1.43. The van der Waals surface area contributed by atoms with Crippen LogP contribution in [-0.4, -0.2) is 46.7 Å². The van der Waals surface area contributed by atoms with Crippen molar-refractivity contribution in [1.82, 2.24) is 4.13 Å². The van der Waals surface area contributed by atoms with Gasteiger partial charge in [0.15, 0.2) is 0 Å². The standard InChI is InChI=1S/C16H25NO7S2/c1-11(2)14(19)24-7-8-25(20,21)17-26(22,23)10-16-6-5-12(9-13(16)18)15(16,3)4/h12,17H,1,5-10H2,2-4H3. The number of esters is 1. The molecule has 0 heterocycles. The molecule has 2 bridgehead atoms. The third kappa shape index (κ3) is 3.86. The highest BCUT2D eigenvalue weighted by molar-refractivity contribution is 8.04. The summed E-state index contributed by atoms with van der Waals surface area (Å²) in [5, 5.41) is 0. The van der Waals surface area contributed by atoms with Gasteiger partial charge in [-0.2, -0.15) is 0 Å². The molecule has 2 unspecified atom stereocenters. The second kappa shape index (κ2) is 6.72. The van der Waals surface area contributed by atoms with Crippen molar-refractivity contribution in [3.8, 4) is 0 Å². The van der Waals surface area contributed by atoms with E-state index in [0.717, 1.165) is 6.42 Å². The molecule has 0 spiro atoms. The molecule has 8 nitrogen and oxygen atoms in total. The van der Waals surface area contributed by atoms with Crippen molar-refractivity contribution in [3.63, 3.8) is 0 Å². The first kappa shape index (κ1) is 21.0. The lowest BCUT2D eigenvalue weighted by atomic mass is 9.70. The van der Waals surface area contributed by atoms with Crippen LogP contribution in [0.1, 0.15) is 40.0 Å². The van der Waals surface area contributed by atoms with Crippen molar-refractivity contribution in [2.75, 3.05) is 18.1 Å². The maximum atomic E-state index is 12.5. The van der Waals surface area contributed by atoms with Gasteiger partial charge in [-0.25, -0.2) is 21.6 Å². The number of hydrogen-bond donors (Lipinski definition) is 1. The lowest BCUT2D eigenvalue weighted by Crippen LogP contribution is -2.47. The van der Waals surface area contributed by atoms with Gasteiger partial charge in [-0.3, -0.25) is 4.79 Å². The number of ether oxygens (including phenoxy) is 1. The molecule has 0 amide bonds. The van der Waals surface area contributed by atoms with Crippen LogP contribution in [0.2, 0.25) is 0 Å². The second-order valence-corrected chi connectivity index (χ2v) is 11.6. The number of fused-ring (bicyclic) bond motifs is 2. The van der Waals surface area contributed by atoms with Gasteiger partial charge in [-0.05, 0) is 31.1 Å². The minimum absolute atomic E-state index is 0.111. The summed E-state index contributed by atoms with van der Waals surface area (Å²) in [6, 6.07) is 0. The Morgan fingerprint density at radius 2 is 1.88 bits per heavy atom. The van der Waals surface area contributed by atoms with Crippen LogP contribution in [0.15, 0.2) is 12.2 Å². The minimum atomic E-state index is -4.25. The number of carbonyl (C=O) groups excluding carboxylic acids is 2. The molecule has 2 aliphatic carbocycles. The Kier molecular flexibility index (Phi) is 5.44. The fourth-order valence-electron chi connectivity index (χ4n) is 4.06. The summed E-state index contributed by atoms with van der Waals surface area (Å²) >= 11 is 0. The number of sulfonamides is 2. The van der Waals surface area contributed by atoms with E-state index >= 15 is 0 Å². The van der Waals surface area contributed by atoms with Crippen molar-refractivity contribution in [2.24, 2.45) is 16.7 Å². The van der Waals surface area contributed by atoms with Crippen LogP contribution in [-0.2, 0) is 34.4 Å². The number of ketones is 1. The predicted octanol–water partition coefficient (Wildman–Crippen LogP) is 0.750. The SMILES string of the molecule is C=C(C)C(=O)OCCS(=O)(=O)NS(=O)(=O)CC12CCC(CC1=O)C2(C)C. The number of carbonyl (C=O) groups is 2. The summed E-state index contributed by atoms with van der Waals surface area (Å²) < 4.78 is 55.3. The van der Waals surface area contributed by atoms with Crippen molar-refractivity contribution in [3.05, 3.63) is 12.2 Å². The molecular weight excluding hydrogens is 382 g/mol. The van der Waals surface area contributed by atoms with Gasteiger partial charge in [-0.15, -0.1) is 4.13 Å². The van der Waals surface area contributed by atoms with Gasteiger partial charge in [0.25, 0.3) is 0 Å². The smallest absolute Gasteiger partial charge is 0.333 e. The first-order chi connectivity index (χ1) is 11.7. The Morgan fingerprint density at radius 1 is 1.27 bits per heavy atom. The van der Waals surface area contributed by atoms with Crippen LogP contribution in [0.4, 0.5) is 0 Å². The molecule has 0 aromatic carbocycles. The highest BCUT2D eigenvalue weighted by Crippen LogP contribution is 2.64.